The molecule has 0 aromatic carbocycles. The number of fused-ring (bicyclic) bond motifs is 5. The van der Waals surface area contributed by atoms with Gasteiger partial charge in [0, 0.05) is 17.3 Å². The topological polar surface area (TPSA) is 76.0 Å². The van der Waals surface area contributed by atoms with Crippen molar-refractivity contribution in [1.82, 2.24) is 0 Å². The first kappa shape index (κ1) is 18.5. The Hall–Kier alpha value is -0.910. The van der Waals surface area contributed by atoms with Gasteiger partial charge in [0.15, 0.2) is 6.29 Å². The minimum atomic E-state index is -0.847. The molecule has 8 atom stereocenters. The van der Waals surface area contributed by atoms with Crippen molar-refractivity contribution in [3.05, 3.63) is 11.6 Å². The summed E-state index contributed by atoms with van der Waals surface area (Å²) in [5.41, 5.74) is 1.00. The van der Waals surface area contributed by atoms with Gasteiger partial charge in [0.1, 0.15) is 6.10 Å². The van der Waals surface area contributed by atoms with Crippen molar-refractivity contribution in [2.45, 2.75) is 77.8 Å². The van der Waals surface area contributed by atoms with Crippen molar-refractivity contribution < 1.29 is 24.5 Å². The maximum atomic E-state index is 11.9. The minimum absolute atomic E-state index is 0.0257. The molecule has 0 aromatic heterocycles. The molecule has 3 aliphatic carbocycles. The molecule has 26 heavy (non-hydrogen) atoms. The minimum Gasteiger partial charge on any atom is -0.462 e. The molecular formula is C21H32O5. The number of carbonyl (C=O) groups is 1. The van der Waals surface area contributed by atoms with Gasteiger partial charge in [-0.15, -0.1) is 0 Å². The van der Waals surface area contributed by atoms with Crippen LogP contribution in [0.2, 0.25) is 0 Å². The number of hydrogen-bond donors (Lipinski definition) is 2. The van der Waals surface area contributed by atoms with Gasteiger partial charge in [-0.05, 0) is 55.9 Å². The van der Waals surface area contributed by atoms with E-state index in [9.17, 15) is 15.0 Å². The van der Waals surface area contributed by atoms with E-state index in [1.165, 1.54) is 0 Å². The van der Waals surface area contributed by atoms with E-state index in [0.717, 1.165) is 31.3 Å². The van der Waals surface area contributed by atoms with E-state index >= 15 is 0 Å². The lowest BCUT2D eigenvalue weighted by Crippen LogP contribution is -2.57. The molecule has 4 rings (SSSR count). The van der Waals surface area contributed by atoms with E-state index in [4.69, 9.17) is 9.47 Å². The standard InChI is InChI=1S/C21H32O5/c1-4-17(23)26-16-6-5-13-19-14(7-8-20(13,16)2)21(3)11-25-18(24)10-12(21)9-15(19)22/h10,13-16,18-19,22,24H,4-9,11H2,1-3H3/t13?,14?,15-,16-,18-,19?,20-,21-/m0/s1. The lowest BCUT2D eigenvalue weighted by Gasteiger charge is -2.59. The van der Waals surface area contributed by atoms with E-state index in [2.05, 4.69) is 13.8 Å². The molecule has 3 fully saturated rings. The van der Waals surface area contributed by atoms with E-state index in [1.807, 2.05) is 6.92 Å². The monoisotopic (exact) mass is 364 g/mol. The summed E-state index contributed by atoms with van der Waals surface area (Å²) >= 11 is 0. The second kappa shape index (κ2) is 6.32. The lowest BCUT2D eigenvalue weighted by atomic mass is 9.48. The van der Waals surface area contributed by atoms with E-state index < -0.39 is 12.4 Å². The number of aliphatic hydroxyl groups is 2. The van der Waals surface area contributed by atoms with Gasteiger partial charge in [-0.1, -0.05) is 26.3 Å². The Kier molecular flexibility index (Phi) is 4.48. The molecule has 5 nitrogen and oxygen atoms in total. The highest BCUT2D eigenvalue weighted by molar-refractivity contribution is 5.69. The number of ether oxygens (including phenoxy) is 2. The van der Waals surface area contributed by atoms with E-state index in [-0.39, 0.29) is 28.8 Å². The van der Waals surface area contributed by atoms with Crippen molar-refractivity contribution in [2.75, 3.05) is 6.61 Å². The molecule has 3 unspecified atom stereocenters. The van der Waals surface area contributed by atoms with Crippen molar-refractivity contribution in [1.29, 1.82) is 0 Å². The Labute approximate surface area is 155 Å². The fourth-order valence-electron chi connectivity index (χ4n) is 6.63. The van der Waals surface area contributed by atoms with Crippen molar-refractivity contribution in [3.8, 4) is 0 Å². The average Bonchev–Trinajstić information content (AvgIpc) is 2.93. The van der Waals surface area contributed by atoms with Gasteiger partial charge in [0.25, 0.3) is 0 Å². The maximum absolute atomic E-state index is 11.9. The zero-order valence-electron chi connectivity index (χ0n) is 16.1. The number of aliphatic hydroxyl groups excluding tert-OH is 2. The summed E-state index contributed by atoms with van der Waals surface area (Å²) in [5.74, 6) is 0.815. The second-order valence-corrected chi connectivity index (χ2v) is 9.33. The summed E-state index contributed by atoms with van der Waals surface area (Å²) in [4.78, 5) is 11.9. The maximum Gasteiger partial charge on any atom is 0.305 e. The van der Waals surface area contributed by atoms with E-state index in [0.29, 0.717) is 31.3 Å². The fraction of sp³-hybridized carbons (Fsp3) is 0.857. The molecular weight excluding hydrogens is 332 g/mol. The molecule has 0 aromatic rings. The highest BCUT2D eigenvalue weighted by Gasteiger charge is 2.62. The molecule has 0 spiro atoms. The van der Waals surface area contributed by atoms with Crippen LogP contribution in [0.4, 0.5) is 0 Å². The average molecular weight is 364 g/mol. The summed E-state index contributed by atoms with van der Waals surface area (Å²) in [5, 5.41) is 20.9. The molecule has 3 saturated carbocycles. The Balaban J connectivity index is 1.63. The van der Waals surface area contributed by atoms with Crippen LogP contribution < -0.4 is 0 Å². The zero-order chi connectivity index (χ0) is 18.7. The van der Waals surface area contributed by atoms with Crippen LogP contribution in [0.25, 0.3) is 0 Å². The van der Waals surface area contributed by atoms with Gasteiger partial charge in [0.2, 0.25) is 0 Å². The Bertz CT molecular complexity index is 616. The van der Waals surface area contributed by atoms with Crippen LogP contribution in [0.3, 0.4) is 0 Å². The van der Waals surface area contributed by atoms with Gasteiger partial charge in [-0.25, -0.2) is 0 Å². The summed E-state index contributed by atoms with van der Waals surface area (Å²) < 4.78 is 11.4. The highest BCUT2D eigenvalue weighted by Crippen LogP contribution is 2.64. The number of rotatable bonds is 2. The van der Waals surface area contributed by atoms with Crippen LogP contribution in [-0.4, -0.2) is 41.3 Å². The predicted octanol–water partition coefficient (Wildman–Crippen LogP) is 2.80. The summed E-state index contributed by atoms with van der Waals surface area (Å²) in [7, 11) is 0. The molecule has 0 saturated heterocycles. The Morgan fingerprint density at radius 1 is 1.27 bits per heavy atom. The van der Waals surface area contributed by atoms with Gasteiger partial charge >= 0.3 is 5.97 Å². The molecule has 5 heteroatoms. The third-order valence-corrected chi connectivity index (χ3v) is 8.13. The fourth-order valence-corrected chi connectivity index (χ4v) is 6.63. The van der Waals surface area contributed by atoms with Crippen LogP contribution in [0.5, 0.6) is 0 Å². The molecule has 146 valence electrons. The third-order valence-electron chi connectivity index (χ3n) is 8.13. The normalized spacial score (nSPS) is 50.3. The first-order valence-electron chi connectivity index (χ1n) is 10.2. The molecule has 1 heterocycles. The molecule has 4 aliphatic rings. The Morgan fingerprint density at radius 3 is 2.77 bits per heavy atom. The first-order chi connectivity index (χ1) is 12.3. The van der Waals surface area contributed by atoms with Crippen LogP contribution in [0.1, 0.15) is 59.3 Å². The van der Waals surface area contributed by atoms with Crippen LogP contribution in [0.15, 0.2) is 11.6 Å². The molecule has 1 aliphatic heterocycles. The van der Waals surface area contributed by atoms with Crippen molar-refractivity contribution in [3.63, 3.8) is 0 Å². The van der Waals surface area contributed by atoms with E-state index in [1.54, 1.807) is 6.08 Å². The highest BCUT2D eigenvalue weighted by atomic mass is 16.6. The van der Waals surface area contributed by atoms with Gasteiger partial charge < -0.3 is 19.7 Å². The van der Waals surface area contributed by atoms with Gasteiger partial charge in [-0.2, -0.15) is 0 Å². The third kappa shape index (κ3) is 2.58. The molecule has 2 N–H and O–H groups in total. The molecule has 0 amide bonds. The van der Waals surface area contributed by atoms with Crippen molar-refractivity contribution >= 4 is 5.97 Å². The summed E-state index contributed by atoms with van der Waals surface area (Å²) in [6, 6.07) is 0. The quantitative estimate of drug-likeness (QED) is 0.582. The zero-order valence-corrected chi connectivity index (χ0v) is 16.1. The summed E-state index contributed by atoms with van der Waals surface area (Å²) in [6.45, 7) is 6.85. The van der Waals surface area contributed by atoms with Gasteiger partial charge in [0.05, 0.1) is 12.7 Å². The first-order valence-corrected chi connectivity index (χ1v) is 10.2. The number of hydrogen-bond acceptors (Lipinski definition) is 5. The predicted molar refractivity (Wildman–Crippen MR) is 96.0 cm³/mol. The molecule has 0 bridgehead atoms. The number of esters is 1. The second-order valence-electron chi connectivity index (χ2n) is 9.33. The Morgan fingerprint density at radius 2 is 2.04 bits per heavy atom. The van der Waals surface area contributed by atoms with Crippen molar-refractivity contribution in [2.24, 2.45) is 28.6 Å². The van der Waals surface area contributed by atoms with Crippen LogP contribution in [-0.2, 0) is 14.3 Å². The van der Waals surface area contributed by atoms with Crippen LogP contribution in [0, 0.1) is 28.6 Å². The number of carbonyl (C=O) groups excluding carboxylic acids is 1. The summed E-state index contributed by atoms with van der Waals surface area (Å²) in [6.07, 6.45) is 5.49. The SMILES string of the molecule is CCC(=O)O[C@H]1CCC2C3C(CC[C@@]21C)[C@@]1(C)CO[C@H](O)C=C1C[C@@H]3O. The lowest BCUT2D eigenvalue weighted by molar-refractivity contribution is -0.174. The smallest absolute Gasteiger partial charge is 0.305 e. The largest absolute Gasteiger partial charge is 0.462 e. The van der Waals surface area contributed by atoms with Gasteiger partial charge in [-0.3, -0.25) is 4.79 Å². The van der Waals surface area contributed by atoms with Crippen LogP contribution >= 0.6 is 0 Å². The molecule has 0 radical (unpaired) electrons.